The van der Waals surface area contributed by atoms with Crippen LogP contribution in [0.2, 0.25) is 0 Å². The van der Waals surface area contributed by atoms with Gasteiger partial charge < -0.3 is 16.0 Å². The van der Waals surface area contributed by atoms with Gasteiger partial charge in [-0.05, 0) is 79.3 Å². The molecule has 188 valence electrons. The highest BCUT2D eigenvalue weighted by Gasteiger charge is 2.30. The molecule has 1 amide bonds. The Morgan fingerprint density at radius 3 is 2.63 bits per heavy atom. The Kier molecular flexibility index (Phi) is 7.29. The van der Waals surface area contributed by atoms with Crippen LogP contribution in [0.15, 0.2) is 35.8 Å². The molecule has 0 unspecified atom stereocenters. The van der Waals surface area contributed by atoms with E-state index in [-0.39, 0.29) is 11.7 Å². The van der Waals surface area contributed by atoms with Crippen molar-refractivity contribution in [2.75, 3.05) is 25.4 Å². The molecule has 4 N–H and O–H groups in total. The quantitative estimate of drug-likeness (QED) is 0.367. The fourth-order valence-corrected chi connectivity index (χ4v) is 7.88. The molecule has 3 aromatic rings. The first-order valence-electron chi connectivity index (χ1n) is 12.6. The van der Waals surface area contributed by atoms with Crippen LogP contribution in [-0.4, -0.2) is 55.0 Å². The first kappa shape index (κ1) is 24.5. The van der Waals surface area contributed by atoms with E-state index < -0.39 is 15.9 Å². The van der Waals surface area contributed by atoms with Gasteiger partial charge in [-0.3, -0.25) is 4.79 Å². The third-order valence-electron chi connectivity index (χ3n) is 7.55. The number of nitrogens with one attached hydrogen (secondary N) is 2. The molecule has 0 radical (unpaired) electrons. The zero-order chi connectivity index (χ0) is 24.4. The van der Waals surface area contributed by atoms with E-state index in [4.69, 9.17) is 5.73 Å². The minimum atomic E-state index is -3.24. The van der Waals surface area contributed by atoms with Crippen LogP contribution in [0.5, 0.6) is 0 Å². The first-order valence-corrected chi connectivity index (χ1v) is 15.1. The van der Waals surface area contributed by atoms with Gasteiger partial charge in [0.25, 0.3) is 5.91 Å². The summed E-state index contributed by atoms with van der Waals surface area (Å²) < 4.78 is 27.5. The van der Waals surface area contributed by atoms with Crippen molar-refractivity contribution in [3.8, 4) is 10.4 Å². The molecule has 35 heavy (non-hydrogen) atoms. The van der Waals surface area contributed by atoms with Crippen LogP contribution in [0, 0.1) is 0 Å². The maximum Gasteiger partial charge on any atom is 0.250 e. The molecule has 1 aliphatic carbocycles. The summed E-state index contributed by atoms with van der Waals surface area (Å²) in [7, 11) is -3.24. The van der Waals surface area contributed by atoms with Crippen molar-refractivity contribution in [1.82, 2.24) is 14.6 Å². The molecule has 7 nitrogen and oxygen atoms in total. The Hall–Kier alpha value is -2.20. The molecule has 0 spiro atoms. The molecular formula is C26H34N4O3S2. The summed E-state index contributed by atoms with van der Waals surface area (Å²) in [5.41, 5.74) is 9.08. The SMILES string of the molecule is NC(=O)c1cc(-c2cccs2)cc2c(C3CCN(S(=O)(=O)CCCNC4CCCC4)CC3)c[nH]c12. The van der Waals surface area contributed by atoms with E-state index in [1.165, 1.54) is 25.7 Å². The standard InChI is InChI=1S/C26H34N4O3S2/c27-26(31)22-16-19(24-7-3-13-34-24)15-21-23(17-29-25(21)22)18-8-11-30(12-9-18)35(32,33)14-4-10-28-20-5-1-2-6-20/h3,7,13,15-18,20,28-29H,1-2,4-6,8-12,14H2,(H2,27,31). The van der Waals surface area contributed by atoms with Crippen molar-refractivity contribution < 1.29 is 13.2 Å². The number of sulfonamides is 1. The smallest absolute Gasteiger partial charge is 0.250 e. The molecule has 0 bridgehead atoms. The number of H-pyrrole nitrogens is 1. The molecule has 0 atom stereocenters. The lowest BCUT2D eigenvalue weighted by atomic mass is 9.89. The van der Waals surface area contributed by atoms with Crippen LogP contribution in [0.1, 0.15) is 66.8 Å². The lowest BCUT2D eigenvalue weighted by Crippen LogP contribution is -2.40. The summed E-state index contributed by atoms with van der Waals surface area (Å²) in [6.07, 6.45) is 9.14. The number of hydrogen-bond acceptors (Lipinski definition) is 5. The van der Waals surface area contributed by atoms with Gasteiger partial charge in [-0.15, -0.1) is 11.3 Å². The second-order valence-electron chi connectivity index (χ2n) is 9.81. The number of primary amides is 1. The molecule has 2 aliphatic rings. The second-order valence-corrected chi connectivity index (χ2v) is 12.8. The van der Waals surface area contributed by atoms with Gasteiger partial charge in [0.2, 0.25) is 10.0 Å². The maximum absolute atomic E-state index is 12.9. The Morgan fingerprint density at radius 2 is 1.94 bits per heavy atom. The first-order chi connectivity index (χ1) is 16.9. The minimum absolute atomic E-state index is 0.205. The zero-order valence-electron chi connectivity index (χ0n) is 20.0. The summed E-state index contributed by atoms with van der Waals surface area (Å²) in [5, 5.41) is 6.53. The zero-order valence-corrected chi connectivity index (χ0v) is 21.6. The van der Waals surface area contributed by atoms with Crippen LogP contribution in [0.3, 0.4) is 0 Å². The Labute approximate surface area is 211 Å². The number of carbonyl (C=O) groups is 1. The monoisotopic (exact) mass is 514 g/mol. The van der Waals surface area contributed by atoms with Crippen molar-refractivity contribution >= 4 is 38.2 Å². The second kappa shape index (κ2) is 10.4. The van der Waals surface area contributed by atoms with Crippen LogP contribution < -0.4 is 11.1 Å². The number of rotatable bonds is 9. The van der Waals surface area contributed by atoms with Gasteiger partial charge in [0.15, 0.2) is 0 Å². The number of fused-ring (bicyclic) bond motifs is 1. The number of amides is 1. The Morgan fingerprint density at radius 1 is 1.17 bits per heavy atom. The fourth-order valence-electron chi connectivity index (χ4n) is 5.63. The molecule has 2 fully saturated rings. The van der Waals surface area contributed by atoms with Gasteiger partial charge in [0.05, 0.1) is 16.8 Å². The number of hydrogen-bond donors (Lipinski definition) is 3. The summed E-state index contributed by atoms with van der Waals surface area (Å²) in [6.45, 7) is 1.83. The summed E-state index contributed by atoms with van der Waals surface area (Å²) >= 11 is 1.63. The number of carbonyl (C=O) groups excluding carboxylic acids is 1. The van der Waals surface area contributed by atoms with Crippen LogP contribution in [0.4, 0.5) is 0 Å². The Bertz CT molecular complexity index is 1270. The number of aromatic amines is 1. The predicted molar refractivity (Wildman–Crippen MR) is 142 cm³/mol. The van der Waals surface area contributed by atoms with Crippen molar-refractivity contribution in [1.29, 1.82) is 0 Å². The number of nitrogens with zero attached hydrogens (tertiary/aromatic N) is 1. The van der Waals surface area contributed by atoms with E-state index in [0.29, 0.717) is 31.1 Å². The molecule has 2 aromatic heterocycles. The molecule has 3 heterocycles. The topological polar surface area (TPSA) is 108 Å². The highest BCUT2D eigenvalue weighted by atomic mass is 32.2. The van der Waals surface area contributed by atoms with Crippen LogP contribution in [0.25, 0.3) is 21.3 Å². The van der Waals surface area contributed by atoms with Crippen molar-refractivity contribution in [3.63, 3.8) is 0 Å². The van der Waals surface area contributed by atoms with Crippen molar-refractivity contribution in [3.05, 3.63) is 47.0 Å². The number of nitrogens with two attached hydrogens (primary N) is 1. The molecule has 5 rings (SSSR count). The molecule has 1 aliphatic heterocycles. The average Bonchev–Trinajstić information content (AvgIpc) is 3.63. The van der Waals surface area contributed by atoms with E-state index in [1.807, 2.05) is 29.8 Å². The molecule has 9 heteroatoms. The minimum Gasteiger partial charge on any atom is -0.366 e. The largest absolute Gasteiger partial charge is 0.366 e. The lowest BCUT2D eigenvalue weighted by molar-refractivity contribution is 0.100. The van der Waals surface area contributed by atoms with E-state index >= 15 is 0 Å². The van der Waals surface area contributed by atoms with Gasteiger partial charge in [0.1, 0.15) is 0 Å². The third kappa shape index (κ3) is 5.33. The lowest BCUT2D eigenvalue weighted by Gasteiger charge is -2.31. The molecule has 1 saturated heterocycles. The van der Waals surface area contributed by atoms with E-state index in [1.54, 1.807) is 15.6 Å². The highest BCUT2D eigenvalue weighted by Crippen LogP contribution is 2.38. The van der Waals surface area contributed by atoms with E-state index in [2.05, 4.69) is 16.4 Å². The summed E-state index contributed by atoms with van der Waals surface area (Å²) in [4.78, 5) is 16.5. The predicted octanol–water partition coefficient (Wildman–Crippen LogP) is 4.43. The maximum atomic E-state index is 12.9. The number of benzene rings is 1. The van der Waals surface area contributed by atoms with Crippen molar-refractivity contribution in [2.24, 2.45) is 5.73 Å². The average molecular weight is 515 g/mol. The van der Waals surface area contributed by atoms with Gasteiger partial charge in [-0.25, -0.2) is 12.7 Å². The van der Waals surface area contributed by atoms with E-state index in [0.717, 1.165) is 46.3 Å². The van der Waals surface area contributed by atoms with Gasteiger partial charge in [0, 0.05) is 35.6 Å². The normalized spacial score (nSPS) is 18.5. The number of aromatic nitrogens is 1. The van der Waals surface area contributed by atoms with Gasteiger partial charge in [-0.2, -0.15) is 0 Å². The summed E-state index contributed by atoms with van der Waals surface area (Å²) in [5.74, 6) is -0.0138. The highest BCUT2D eigenvalue weighted by molar-refractivity contribution is 7.89. The molecule has 1 aromatic carbocycles. The molecule has 1 saturated carbocycles. The third-order valence-corrected chi connectivity index (χ3v) is 10.4. The fraction of sp³-hybridized carbons (Fsp3) is 0.500. The van der Waals surface area contributed by atoms with Gasteiger partial charge >= 0.3 is 0 Å². The van der Waals surface area contributed by atoms with Crippen LogP contribution >= 0.6 is 11.3 Å². The summed E-state index contributed by atoms with van der Waals surface area (Å²) in [6, 6.07) is 8.58. The van der Waals surface area contributed by atoms with Crippen LogP contribution in [-0.2, 0) is 10.0 Å². The van der Waals surface area contributed by atoms with E-state index in [9.17, 15) is 13.2 Å². The number of thiophene rings is 1. The van der Waals surface area contributed by atoms with Gasteiger partial charge in [-0.1, -0.05) is 18.9 Å². The molecular weight excluding hydrogens is 480 g/mol. The Balaban J connectivity index is 1.26. The van der Waals surface area contributed by atoms with Crippen molar-refractivity contribution in [2.45, 2.75) is 56.9 Å². The number of piperidine rings is 1.